The molecule has 186 valence electrons. The van der Waals surface area contributed by atoms with E-state index >= 15 is 0 Å². The highest BCUT2D eigenvalue weighted by Crippen LogP contribution is 2.27. The van der Waals surface area contributed by atoms with Gasteiger partial charge in [0.05, 0.1) is 16.7 Å². The number of ether oxygens (including phenoxy) is 4. The number of carbonyl (C=O) groups excluding carboxylic acids is 3. The lowest BCUT2D eigenvalue weighted by Gasteiger charge is -2.41. The van der Waals surface area contributed by atoms with E-state index in [4.69, 9.17) is 18.9 Å². The van der Waals surface area contributed by atoms with Crippen LogP contribution in [0.15, 0.2) is 91.0 Å². The van der Waals surface area contributed by atoms with Gasteiger partial charge in [-0.3, -0.25) is 0 Å². The van der Waals surface area contributed by atoms with E-state index in [0.717, 1.165) is 0 Å². The zero-order chi connectivity index (χ0) is 25.5. The Bertz CT molecular complexity index is 1170. The third kappa shape index (κ3) is 5.95. The summed E-state index contributed by atoms with van der Waals surface area (Å²) in [6.45, 7) is -0.455. The van der Waals surface area contributed by atoms with Crippen LogP contribution in [0, 0.1) is 0 Å². The lowest BCUT2D eigenvalue weighted by molar-refractivity contribution is -0.285. The van der Waals surface area contributed by atoms with Crippen molar-refractivity contribution in [2.75, 3.05) is 6.61 Å². The molecule has 2 N–H and O–H groups in total. The average Bonchev–Trinajstić information content (AvgIpc) is 2.92. The fourth-order valence-electron chi connectivity index (χ4n) is 3.67. The Kier molecular flexibility index (Phi) is 8.06. The molecule has 0 unspecified atom stereocenters. The average molecular weight is 492 g/mol. The number of rotatable bonds is 7. The number of carbonyl (C=O) groups is 3. The molecular formula is C27H24O9. The Morgan fingerprint density at radius 2 is 1.06 bits per heavy atom. The van der Waals surface area contributed by atoms with Crippen molar-refractivity contribution >= 4 is 17.9 Å². The van der Waals surface area contributed by atoms with Gasteiger partial charge in [-0.2, -0.15) is 0 Å². The molecule has 1 aliphatic rings. The third-order valence-corrected chi connectivity index (χ3v) is 5.53. The molecule has 0 spiro atoms. The molecular weight excluding hydrogens is 468 g/mol. The van der Waals surface area contributed by atoms with E-state index in [9.17, 15) is 24.6 Å². The van der Waals surface area contributed by atoms with Crippen molar-refractivity contribution < 1.29 is 43.5 Å². The first kappa shape index (κ1) is 25.1. The summed E-state index contributed by atoms with van der Waals surface area (Å²) in [5.41, 5.74) is 0.663. The molecule has 3 aromatic rings. The van der Waals surface area contributed by atoms with Crippen molar-refractivity contribution in [3.63, 3.8) is 0 Å². The molecule has 0 amide bonds. The van der Waals surface area contributed by atoms with Crippen molar-refractivity contribution in [3.05, 3.63) is 108 Å². The Morgan fingerprint density at radius 3 is 1.53 bits per heavy atom. The summed E-state index contributed by atoms with van der Waals surface area (Å²) in [5.74, 6) is -2.27. The highest BCUT2D eigenvalue weighted by Gasteiger charge is 2.50. The summed E-state index contributed by atoms with van der Waals surface area (Å²) in [4.78, 5) is 38.0. The van der Waals surface area contributed by atoms with Gasteiger partial charge in [0.1, 0.15) is 18.8 Å². The molecule has 0 aliphatic carbocycles. The van der Waals surface area contributed by atoms with Crippen LogP contribution in [0.4, 0.5) is 0 Å². The van der Waals surface area contributed by atoms with Crippen LogP contribution >= 0.6 is 0 Å². The number of aliphatic hydroxyl groups excluding tert-OH is 2. The van der Waals surface area contributed by atoms with Gasteiger partial charge in [-0.25, -0.2) is 14.4 Å². The normalized spacial score (nSPS) is 23.3. The number of hydrogen-bond donors (Lipinski definition) is 2. The molecule has 1 aliphatic heterocycles. The van der Waals surface area contributed by atoms with Crippen LogP contribution in [0.5, 0.6) is 0 Å². The summed E-state index contributed by atoms with van der Waals surface area (Å²) >= 11 is 0. The lowest BCUT2D eigenvalue weighted by atomic mass is 9.98. The van der Waals surface area contributed by atoms with Gasteiger partial charge in [-0.1, -0.05) is 54.6 Å². The monoisotopic (exact) mass is 492 g/mol. The fraction of sp³-hybridized carbons (Fsp3) is 0.222. The molecule has 0 saturated carbocycles. The number of aliphatic hydroxyl groups is 2. The molecule has 3 aromatic carbocycles. The van der Waals surface area contributed by atoms with Gasteiger partial charge in [-0.05, 0) is 36.4 Å². The predicted octanol–water partition coefficient (Wildman–Crippen LogP) is 2.37. The molecule has 1 fully saturated rings. The molecule has 36 heavy (non-hydrogen) atoms. The van der Waals surface area contributed by atoms with Crippen LogP contribution in [0.1, 0.15) is 31.1 Å². The quantitative estimate of drug-likeness (QED) is 0.377. The highest BCUT2D eigenvalue weighted by molar-refractivity contribution is 5.90. The Hall–Kier alpha value is -4.05. The van der Waals surface area contributed by atoms with E-state index in [1.807, 2.05) is 0 Å². The summed E-state index contributed by atoms with van der Waals surface area (Å²) in [6, 6.07) is 24.2. The van der Waals surface area contributed by atoms with E-state index in [0.29, 0.717) is 0 Å². The van der Waals surface area contributed by atoms with Gasteiger partial charge in [0.15, 0.2) is 18.5 Å². The molecule has 5 atom stereocenters. The van der Waals surface area contributed by atoms with Gasteiger partial charge in [0.25, 0.3) is 0 Å². The van der Waals surface area contributed by atoms with Crippen LogP contribution in [-0.2, 0) is 18.9 Å². The van der Waals surface area contributed by atoms with Crippen molar-refractivity contribution in [3.8, 4) is 0 Å². The Labute approximate surface area is 206 Å². The number of hydrogen-bond acceptors (Lipinski definition) is 9. The van der Waals surface area contributed by atoms with E-state index in [1.165, 1.54) is 24.3 Å². The standard InChI is InChI=1S/C27H24O9/c28-21-23(36-26(31)19-14-8-3-9-15-19)22(35-25(30)18-12-6-2-7-13-18)20(34-27(21)32)16-33-24(29)17-10-4-1-5-11-17/h1-15,20-23,27-28,32H,16H2/t20-,21-,22+,23-,27-/m1/s1. The first-order valence-corrected chi connectivity index (χ1v) is 11.2. The minimum absolute atomic E-state index is 0.186. The Morgan fingerprint density at radius 1 is 0.639 bits per heavy atom. The topological polar surface area (TPSA) is 129 Å². The maximum atomic E-state index is 12.8. The first-order chi connectivity index (χ1) is 17.4. The second-order valence-corrected chi connectivity index (χ2v) is 7.99. The molecule has 4 rings (SSSR count). The molecule has 1 saturated heterocycles. The zero-order valence-corrected chi connectivity index (χ0v) is 19.0. The maximum absolute atomic E-state index is 12.8. The van der Waals surface area contributed by atoms with Crippen LogP contribution in [-0.4, -0.2) is 65.4 Å². The van der Waals surface area contributed by atoms with Crippen molar-refractivity contribution in [1.82, 2.24) is 0 Å². The van der Waals surface area contributed by atoms with Crippen LogP contribution in [0.25, 0.3) is 0 Å². The zero-order valence-electron chi connectivity index (χ0n) is 19.0. The molecule has 9 heteroatoms. The van der Waals surface area contributed by atoms with Gasteiger partial charge >= 0.3 is 17.9 Å². The van der Waals surface area contributed by atoms with E-state index in [-0.39, 0.29) is 16.7 Å². The van der Waals surface area contributed by atoms with Crippen LogP contribution in [0.3, 0.4) is 0 Å². The van der Waals surface area contributed by atoms with Crippen molar-refractivity contribution in [2.24, 2.45) is 0 Å². The minimum Gasteiger partial charge on any atom is -0.459 e. The van der Waals surface area contributed by atoms with Gasteiger partial charge in [-0.15, -0.1) is 0 Å². The summed E-state index contributed by atoms with van der Waals surface area (Å²) in [5, 5.41) is 20.9. The minimum atomic E-state index is -1.80. The molecule has 0 bridgehead atoms. The molecule has 0 radical (unpaired) electrons. The smallest absolute Gasteiger partial charge is 0.338 e. The van der Waals surface area contributed by atoms with E-state index < -0.39 is 55.2 Å². The summed E-state index contributed by atoms with van der Waals surface area (Å²) < 4.78 is 21.8. The van der Waals surface area contributed by atoms with Gasteiger partial charge < -0.3 is 29.2 Å². The molecule has 9 nitrogen and oxygen atoms in total. The van der Waals surface area contributed by atoms with E-state index in [1.54, 1.807) is 66.7 Å². The maximum Gasteiger partial charge on any atom is 0.338 e. The SMILES string of the molecule is O=C(OC[C@H]1O[C@@H](O)[C@H](O)[C@@H](OC(=O)c2ccccc2)[C@H]1OC(=O)c1ccccc1)c1ccccc1. The number of benzene rings is 3. The second-order valence-electron chi connectivity index (χ2n) is 7.99. The molecule has 0 aromatic heterocycles. The van der Waals surface area contributed by atoms with Gasteiger partial charge in [0.2, 0.25) is 0 Å². The summed E-state index contributed by atoms with van der Waals surface area (Å²) in [7, 11) is 0. The second kappa shape index (κ2) is 11.6. The first-order valence-electron chi connectivity index (χ1n) is 11.2. The highest BCUT2D eigenvalue weighted by atomic mass is 16.7. The van der Waals surface area contributed by atoms with E-state index in [2.05, 4.69) is 0 Å². The van der Waals surface area contributed by atoms with Crippen molar-refractivity contribution in [2.45, 2.75) is 30.7 Å². The van der Waals surface area contributed by atoms with Crippen LogP contribution < -0.4 is 0 Å². The fourth-order valence-corrected chi connectivity index (χ4v) is 3.67. The molecule has 1 heterocycles. The van der Waals surface area contributed by atoms with Crippen molar-refractivity contribution in [1.29, 1.82) is 0 Å². The largest absolute Gasteiger partial charge is 0.459 e. The van der Waals surface area contributed by atoms with Crippen LogP contribution in [0.2, 0.25) is 0 Å². The van der Waals surface area contributed by atoms with Gasteiger partial charge in [0, 0.05) is 0 Å². The lowest BCUT2D eigenvalue weighted by Crippen LogP contribution is -2.61. The predicted molar refractivity (Wildman–Crippen MR) is 125 cm³/mol. The number of esters is 3. The third-order valence-electron chi connectivity index (χ3n) is 5.53. The Balaban J connectivity index is 1.57. The summed E-state index contributed by atoms with van der Waals surface area (Å²) in [6.07, 6.45) is -7.72.